The molecule has 3 heteroatoms. The van der Waals surface area contributed by atoms with Gasteiger partial charge in [0.05, 0.1) is 7.11 Å². The van der Waals surface area contributed by atoms with Crippen LogP contribution in [0.1, 0.15) is 22.3 Å². The summed E-state index contributed by atoms with van der Waals surface area (Å²) in [4.78, 5) is 12.0. The fourth-order valence-electron chi connectivity index (χ4n) is 1.87. The van der Waals surface area contributed by atoms with Crippen LogP contribution < -0.4 is 4.74 Å². The van der Waals surface area contributed by atoms with Crippen molar-refractivity contribution in [1.82, 2.24) is 0 Å². The number of ketones is 1. The number of rotatable bonds is 5. The average molecular weight is 258 g/mol. The number of hydrogen-bond donors (Lipinski definition) is 0. The van der Waals surface area contributed by atoms with E-state index in [0.29, 0.717) is 18.4 Å². The average Bonchev–Trinajstić information content (AvgIpc) is 2.45. The lowest BCUT2D eigenvalue weighted by Gasteiger charge is -2.03. The van der Waals surface area contributed by atoms with E-state index < -0.39 is 0 Å². The van der Waals surface area contributed by atoms with Gasteiger partial charge in [0.15, 0.2) is 5.78 Å². The molecule has 0 aliphatic heterocycles. The van der Waals surface area contributed by atoms with Crippen molar-refractivity contribution in [2.24, 2.45) is 0 Å². The van der Waals surface area contributed by atoms with Gasteiger partial charge in [0.1, 0.15) is 11.6 Å². The van der Waals surface area contributed by atoms with Gasteiger partial charge in [-0.25, -0.2) is 4.39 Å². The molecule has 0 saturated carbocycles. The van der Waals surface area contributed by atoms with E-state index in [-0.39, 0.29) is 11.6 Å². The second-order valence-electron chi connectivity index (χ2n) is 4.28. The number of carbonyl (C=O) groups is 1. The van der Waals surface area contributed by atoms with Crippen LogP contribution in [-0.4, -0.2) is 12.9 Å². The van der Waals surface area contributed by atoms with E-state index in [1.807, 2.05) is 6.07 Å². The Hall–Kier alpha value is -2.16. The zero-order valence-electron chi connectivity index (χ0n) is 10.7. The number of hydrogen-bond acceptors (Lipinski definition) is 2. The first-order valence-corrected chi connectivity index (χ1v) is 6.11. The Balaban J connectivity index is 1.97. The van der Waals surface area contributed by atoms with Crippen molar-refractivity contribution in [3.05, 3.63) is 65.5 Å². The Labute approximate surface area is 111 Å². The van der Waals surface area contributed by atoms with Gasteiger partial charge in [-0.15, -0.1) is 0 Å². The third-order valence-electron chi connectivity index (χ3n) is 2.94. The third-order valence-corrected chi connectivity index (χ3v) is 2.94. The van der Waals surface area contributed by atoms with Gasteiger partial charge < -0.3 is 4.74 Å². The maximum absolute atomic E-state index is 13.0. The highest BCUT2D eigenvalue weighted by atomic mass is 19.1. The summed E-state index contributed by atoms with van der Waals surface area (Å²) in [5.74, 6) is 0.503. The molecule has 0 fully saturated rings. The topological polar surface area (TPSA) is 26.3 Å². The minimum Gasteiger partial charge on any atom is -0.497 e. The van der Waals surface area contributed by atoms with Gasteiger partial charge in [-0.2, -0.15) is 0 Å². The smallest absolute Gasteiger partial charge is 0.163 e. The molecule has 0 N–H and O–H groups in total. The van der Waals surface area contributed by atoms with Crippen molar-refractivity contribution in [2.75, 3.05) is 7.11 Å². The predicted octanol–water partition coefficient (Wildman–Crippen LogP) is 3.65. The molecule has 2 aromatic rings. The maximum Gasteiger partial charge on any atom is 0.163 e. The molecule has 0 spiro atoms. The summed E-state index contributed by atoms with van der Waals surface area (Å²) in [7, 11) is 1.58. The van der Waals surface area contributed by atoms with Gasteiger partial charge in [-0.05, 0) is 48.4 Å². The van der Waals surface area contributed by atoms with E-state index in [9.17, 15) is 9.18 Å². The van der Waals surface area contributed by atoms with Crippen LogP contribution in [0, 0.1) is 5.82 Å². The molecule has 98 valence electrons. The monoisotopic (exact) mass is 258 g/mol. The Kier molecular flexibility index (Phi) is 4.29. The Morgan fingerprint density at radius 2 is 1.89 bits per heavy atom. The maximum atomic E-state index is 13.0. The quantitative estimate of drug-likeness (QED) is 0.765. The number of aryl methyl sites for hydroxylation is 1. The lowest BCUT2D eigenvalue weighted by molar-refractivity contribution is 0.0983. The second kappa shape index (κ2) is 6.14. The summed E-state index contributed by atoms with van der Waals surface area (Å²) in [6.45, 7) is 0. The molecule has 0 aliphatic rings. The van der Waals surface area contributed by atoms with Crippen LogP contribution >= 0.6 is 0 Å². The van der Waals surface area contributed by atoms with Crippen molar-refractivity contribution in [3.63, 3.8) is 0 Å². The molecule has 19 heavy (non-hydrogen) atoms. The number of Topliss-reactive ketones (excluding diaryl/α,β-unsaturated/α-hetero) is 1. The van der Waals surface area contributed by atoms with E-state index in [2.05, 4.69) is 0 Å². The van der Waals surface area contributed by atoms with Gasteiger partial charge in [0, 0.05) is 12.0 Å². The number of methoxy groups -OCH3 is 1. The lowest BCUT2D eigenvalue weighted by Crippen LogP contribution is -2.01. The Bertz CT molecular complexity index is 561. The summed E-state index contributed by atoms with van der Waals surface area (Å²) in [6, 6.07) is 13.3. The fraction of sp³-hybridized carbons (Fsp3) is 0.188. The van der Waals surface area contributed by atoms with E-state index in [1.54, 1.807) is 37.4 Å². The molecule has 0 radical (unpaired) electrons. The first kappa shape index (κ1) is 13.3. The number of benzene rings is 2. The molecule has 2 rings (SSSR count). The third kappa shape index (κ3) is 3.65. The molecule has 0 bridgehead atoms. The van der Waals surface area contributed by atoms with Crippen LogP contribution in [0.3, 0.4) is 0 Å². The molecular formula is C16H15FO2. The highest BCUT2D eigenvalue weighted by molar-refractivity contribution is 5.96. The zero-order valence-corrected chi connectivity index (χ0v) is 10.7. The molecular weight excluding hydrogens is 243 g/mol. The molecule has 0 aliphatic carbocycles. The highest BCUT2D eigenvalue weighted by Gasteiger charge is 2.06. The first-order valence-electron chi connectivity index (χ1n) is 6.11. The van der Waals surface area contributed by atoms with Crippen LogP contribution in [0.2, 0.25) is 0 Å². The van der Waals surface area contributed by atoms with Gasteiger partial charge in [0.25, 0.3) is 0 Å². The van der Waals surface area contributed by atoms with Gasteiger partial charge in [-0.3, -0.25) is 4.79 Å². The van der Waals surface area contributed by atoms with E-state index >= 15 is 0 Å². The summed E-state index contributed by atoms with van der Waals surface area (Å²) in [6.07, 6.45) is 0.915. The van der Waals surface area contributed by atoms with Crippen molar-refractivity contribution >= 4 is 5.78 Å². The van der Waals surface area contributed by atoms with E-state index in [4.69, 9.17) is 4.74 Å². The summed E-state index contributed by atoms with van der Waals surface area (Å²) in [5, 5.41) is 0. The normalized spacial score (nSPS) is 10.2. The van der Waals surface area contributed by atoms with Crippen LogP contribution in [0.4, 0.5) is 4.39 Å². The molecule has 0 unspecified atom stereocenters. The van der Waals surface area contributed by atoms with Crippen LogP contribution in [0.25, 0.3) is 0 Å². The van der Waals surface area contributed by atoms with Crippen molar-refractivity contribution in [2.45, 2.75) is 12.8 Å². The molecule has 0 amide bonds. The zero-order chi connectivity index (χ0) is 13.7. The summed E-state index contributed by atoms with van der Waals surface area (Å²) < 4.78 is 18.0. The standard InChI is InChI=1S/C16H15FO2/c1-19-15-8-6-13(7-9-15)16(18)10-5-12-3-2-4-14(17)11-12/h2-4,6-9,11H,5,10H2,1H3. The van der Waals surface area contributed by atoms with Crippen LogP contribution in [0.5, 0.6) is 5.75 Å². The predicted molar refractivity (Wildman–Crippen MR) is 72.0 cm³/mol. The van der Waals surface area contributed by atoms with E-state index in [0.717, 1.165) is 11.3 Å². The lowest BCUT2D eigenvalue weighted by atomic mass is 10.0. The molecule has 0 atom stereocenters. The second-order valence-corrected chi connectivity index (χ2v) is 4.28. The summed E-state index contributed by atoms with van der Waals surface area (Å²) >= 11 is 0. The number of ether oxygens (including phenoxy) is 1. The molecule has 0 saturated heterocycles. The Morgan fingerprint density at radius 1 is 1.16 bits per heavy atom. The molecule has 0 aromatic heterocycles. The largest absolute Gasteiger partial charge is 0.497 e. The van der Waals surface area contributed by atoms with E-state index in [1.165, 1.54) is 12.1 Å². The summed E-state index contributed by atoms with van der Waals surface area (Å²) in [5.41, 5.74) is 1.49. The van der Waals surface area contributed by atoms with Gasteiger partial charge >= 0.3 is 0 Å². The SMILES string of the molecule is COc1ccc(C(=O)CCc2cccc(F)c2)cc1. The molecule has 0 heterocycles. The minimum absolute atomic E-state index is 0.0481. The van der Waals surface area contributed by atoms with Crippen molar-refractivity contribution in [3.8, 4) is 5.75 Å². The van der Waals surface area contributed by atoms with Gasteiger partial charge in [0.2, 0.25) is 0 Å². The Morgan fingerprint density at radius 3 is 2.53 bits per heavy atom. The van der Waals surface area contributed by atoms with Gasteiger partial charge in [-0.1, -0.05) is 12.1 Å². The minimum atomic E-state index is -0.269. The van der Waals surface area contributed by atoms with Crippen LogP contribution in [0.15, 0.2) is 48.5 Å². The van der Waals surface area contributed by atoms with Crippen molar-refractivity contribution in [1.29, 1.82) is 0 Å². The number of halogens is 1. The highest BCUT2D eigenvalue weighted by Crippen LogP contribution is 2.14. The molecule has 2 aromatic carbocycles. The molecule has 2 nitrogen and oxygen atoms in total. The first-order chi connectivity index (χ1) is 9.19. The fourth-order valence-corrected chi connectivity index (χ4v) is 1.87. The number of carbonyl (C=O) groups excluding carboxylic acids is 1. The van der Waals surface area contributed by atoms with Crippen molar-refractivity contribution < 1.29 is 13.9 Å². The van der Waals surface area contributed by atoms with Crippen LogP contribution in [-0.2, 0) is 6.42 Å².